The van der Waals surface area contributed by atoms with Crippen LogP contribution in [0, 0.1) is 5.92 Å². The molecule has 0 aliphatic carbocycles. The minimum Gasteiger partial charge on any atom is -0.337 e. The average Bonchev–Trinajstić information content (AvgIpc) is 3.32. The smallest absolute Gasteiger partial charge is 0.282 e. The highest BCUT2D eigenvalue weighted by Crippen LogP contribution is 2.26. The van der Waals surface area contributed by atoms with Crippen molar-refractivity contribution >= 4 is 38.5 Å². The molecule has 1 aliphatic heterocycles. The lowest BCUT2D eigenvalue weighted by molar-refractivity contribution is 0.0683. The normalized spacial score (nSPS) is 15.6. The number of rotatable bonds is 3. The van der Waals surface area contributed by atoms with Gasteiger partial charge in [-0.2, -0.15) is 0 Å². The largest absolute Gasteiger partial charge is 0.337 e. The molecule has 0 N–H and O–H groups in total. The van der Waals surface area contributed by atoms with Crippen LogP contribution in [0.2, 0.25) is 0 Å². The number of thiazole rings is 1. The van der Waals surface area contributed by atoms with Crippen molar-refractivity contribution in [3.05, 3.63) is 59.9 Å². The minimum absolute atomic E-state index is 0.0720. The Labute approximate surface area is 161 Å². The number of amides is 1. The van der Waals surface area contributed by atoms with Crippen molar-refractivity contribution in [2.45, 2.75) is 19.4 Å². The second-order valence-corrected chi connectivity index (χ2v) is 8.14. The molecule has 27 heavy (non-hydrogen) atoms. The maximum absolute atomic E-state index is 12.8. The zero-order valence-electron chi connectivity index (χ0n) is 14.9. The van der Waals surface area contributed by atoms with Gasteiger partial charge < -0.3 is 9.47 Å². The SMILES string of the molecule is O=C(c1nc2ccccc2s1)N1CCC(Cn2cnc3ccccc32)CC1. The molecule has 5 nitrogen and oxygen atoms in total. The Morgan fingerprint density at radius 3 is 2.59 bits per heavy atom. The van der Waals surface area contributed by atoms with Gasteiger partial charge >= 0.3 is 0 Å². The quantitative estimate of drug-likeness (QED) is 0.538. The standard InChI is InChI=1S/C21H20N4OS/c26-21(20-23-17-6-2-4-8-19(17)27-20)24-11-9-15(10-12-24)13-25-14-22-16-5-1-3-7-18(16)25/h1-8,14-15H,9-13H2. The lowest BCUT2D eigenvalue weighted by Gasteiger charge is -2.31. The van der Waals surface area contributed by atoms with Crippen LogP contribution in [0.4, 0.5) is 0 Å². The van der Waals surface area contributed by atoms with E-state index in [1.54, 1.807) is 0 Å². The van der Waals surface area contributed by atoms with Crippen LogP contribution in [0.1, 0.15) is 22.6 Å². The van der Waals surface area contributed by atoms with E-state index in [9.17, 15) is 4.79 Å². The number of carbonyl (C=O) groups excluding carboxylic acids is 1. The number of carbonyl (C=O) groups is 1. The lowest BCUT2D eigenvalue weighted by atomic mass is 9.96. The highest BCUT2D eigenvalue weighted by Gasteiger charge is 2.26. The summed E-state index contributed by atoms with van der Waals surface area (Å²) in [5.74, 6) is 0.643. The first kappa shape index (κ1) is 16.4. The summed E-state index contributed by atoms with van der Waals surface area (Å²) in [6.07, 6.45) is 3.97. The number of imidazole rings is 1. The molecule has 6 heteroatoms. The van der Waals surface area contributed by atoms with Gasteiger partial charge in [-0.25, -0.2) is 9.97 Å². The van der Waals surface area contributed by atoms with Crippen molar-refractivity contribution in [3.63, 3.8) is 0 Å². The molecule has 136 valence electrons. The van der Waals surface area contributed by atoms with E-state index in [4.69, 9.17) is 0 Å². The van der Waals surface area contributed by atoms with Crippen LogP contribution in [0.25, 0.3) is 21.3 Å². The van der Waals surface area contributed by atoms with Gasteiger partial charge in [-0.05, 0) is 43.0 Å². The van der Waals surface area contributed by atoms with Crippen molar-refractivity contribution < 1.29 is 4.79 Å². The van der Waals surface area contributed by atoms with E-state index in [-0.39, 0.29) is 5.91 Å². The molecule has 2 aromatic carbocycles. The Kier molecular flexibility index (Phi) is 4.13. The fourth-order valence-electron chi connectivity index (χ4n) is 3.85. The van der Waals surface area contributed by atoms with Crippen molar-refractivity contribution in [1.29, 1.82) is 0 Å². The molecule has 1 fully saturated rings. The third kappa shape index (κ3) is 3.10. The number of aromatic nitrogens is 3. The molecule has 5 rings (SSSR count). The summed E-state index contributed by atoms with van der Waals surface area (Å²) >= 11 is 1.49. The van der Waals surface area contributed by atoms with E-state index < -0.39 is 0 Å². The van der Waals surface area contributed by atoms with Gasteiger partial charge in [0.1, 0.15) is 0 Å². The van der Waals surface area contributed by atoms with Gasteiger partial charge in [0.05, 0.1) is 27.6 Å². The predicted molar refractivity (Wildman–Crippen MR) is 108 cm³/mol. The zero-order chi connectivity index (χ0) is 18.2. The first-order chi connectivity index (χ1) is 13.3. The molecule has 0 bridgehead atoms. The number of nitrogens with zero attached hydrogens (tertiary/aromatic N) is 4. The van der Waals surface area contributed by atoms with E-state index in [1.807, 2.05) is 47.6 Å². The minimum atomic E-state index is 0.0720. The number of likely N-dealkylation sites (tertiary alicyclic amines) is 1. The van der Waals surface area contributed by atoms with Gasteiger partial charge in [0.25, 0.3) is 5.91 Å². The monoisotopic (exact) mass is 376 g/mol. The van der Waals surface area contributed by atoms with Crippen LogP contribution in [0.15, 0.2) is 54.9 Å². The predicted octanol–water partition coefficient (Wildman–Crippen LogP) is 4.20. The van der Waals surface area contributed by atoms with Crippen LogP contribution in [-0.4, -0.2) is 38.4 Å². The fraction of sp³-hybridized carbons (Fsp3) is 0.286. The Morgan fingerprint density at radius 1 is 1.04 bits per heavy atom. The van der Waals surface area contributed by atoms with Crippen LogP contribution in [-0.2, 0) is 6.54 Å². The number of para-hydroxylation sites is 3. The topological polar surface area (TPSA) is 51.0 Å². The number of piperidine rings is 1. The summed E-state index contributed by atoms with van der Waals surface area (Å²) in [5.41, 5.74) is 3.14. The summed E-state index contributed by atoms with van der Waals surface area (Å²) < 4.78 is 3.31. The third-order valence-corrected chi connectivity index (χ3v) is 6.39. The van der Waals surface area contributed by atoms with E-state index >= 15 is 0 Å². The molecule has 1 saturated heterocycles. The number of hydrogen-bond donors (Lipinski definition) is 0. The second kappa shape index (κ2) is 6.78. The molecule has 0 unspecified atom stereocenters. The van der Waals surface area contributed by atoms with Crippen molar-refractivity contribution in [3.8, 4) is 0 Å². The molecule has 2 aromatic heterocycles. The molecule has 1 aliphatic rings. The summed E-state index contributed by atoms with van der Waals surface area (Å²) in [4.78, 5) is 23.8. The molecule has 0 saturated carbocycles. The van der Waals surface area contributed by atoms with Gasteiger partial charge in [0.2, 0.25) is 0 Å². The highest BCUT2D eigenvalue weighted by molar-refractivity contribution is 7.20. The van der Waals surface area contributed by atoms with E-state index in [0.717, 1.165) is 48.2 Å². The molecule has 4 aromatic rings. The molecular weight excluding hydrogens is 356 g/mol. The Morgan fingerprint density at radius 2 is 1.78 bits per heavy atom. The lowest BCUT2D eigenvalue weighted by Crippen LogP contribution is -2.39. The average molecular weight is 376 g/mol. The molecule has 0 radical (unpaired) electrons. The highest BCUT2D eigenvalue weighted by atomic mass is 32.1. The first-order valence-electron chi connectivity index (χ1n) is 9.32. The summed E-state index contributed by atoms with van der Waals surface area (Å²) in [5, 5.41) is 0.607. The van der Waals surface area contributed by atoms with Gasteiger partial charge in [-0.3, -0.25) is 4.79 Å². The molecule has 0 atom stereocenters. The Balaban J connectivity index is 1.25. The van der Waals surface area contributed by atoms with Gasteiger partial charge in [-0.15, -0.1) is 11.3 Å². The number of fused-ring (bicyclic) bond motifs is 2. The maximum atomic E-state index is 12.8. The van der Waals surface area contributed by atoms with E-state index in [1.165, 1.54) is 16.9 Å². The molecule has 0 spiro atoms. The van der Waals surface area contributed by atoms with Crippen LogP contribution < -0.4 is 0 Å². The van der Waals surface area contributed by atoms with Crippen molar-refractivity contribution in [2.75, 3.05) is 13.1 Å². The zero-order valence-corrected chi connectivity index (χ0v) is 15.7. The Bertz CT molecular complexity index is 1070. The maximum Gasteiger partial charge on any atom is 0.282 e. The van der Waals surface area contributed by atoms with Crippen LogP contribution in [0.5, 0.6) is 0 Å². The summed E-state index contributed by atoms with van der Waals surface area (Å²) in [7, 11) is 0. The van der Waals surface area contributed by atoms with Crippen LogP contribution >= 0.6 is 11.3 Å². The Hall–Kier alpha value is -2.73. The molecule has 3 heterocycles. The van der Waals surface area contributed by atoms with Gasteiger partial charge in [0, 0.05) is 19.6 Å². The molecule has 1 amide bonds. The van der Waals surface area contributed by atoms with Gasteiger partial charge in [0.15, 0.2) is 5.01 Å². The van der Waals surface area contributed by atoms with Gasteiger partial charge in [-0.1, -0.05) is 24.3 Å². The summed E-state index contributed by atoms with van der Waals surface area (Å²) in [6, 6.07) is 16.2. The number of hydrogen-bond acceptors (Lipinski definition) is 4. The first-order valence-corrected chi connectivity index (χ1v) is 10.1. The van der Waals surface area contributed by atoms with E-state index in [0.29, 0.717) is 10.9 Å². The molecular formula is C21H20N4OS. The third-order valence-electron chi connectivity index (χ3n) is 5.36. The van der Waals surface area contributed by atoms with E-state index in [2.05, 4.69) is 26.7 Å². The van der Waals surface area contributed by atoms with Crippen molar-refractivity contribution in [2.24, 2.45) is 5.92 Å². The summed E-state index contributed by atoms with van der Waals surface area (Å²) in [6.45, 7) is 2.56. The van der Waals surface area contributed by atoms with Crippen LogP contribution in [0.3, 0.4) is 0 Å². The van der Waals surface area contributed by atoms with Crippen molar-refractivity contribution in [1.82, 2.24) is 19.4 Å². The second-order valence-electron chi connectivity index (χ2n) is 7.11. The number of benzene rings is 2. The fourth-order valence-corrected chi connectivity index (χ4v) is 4.79.